The van der Waals surface area contributed by atoms with Gasteiger partial charge in [0.05, 0.1) is 22.8 Å². The van der Waals surface area contributed by atoms with Gasteiger partial charge in [-0.05, 0) is 109 Å². The van der Waals surface area contributed by atoms with E-state index in [1.807, 2.05) is 0 Å². The van der Waals surface area contributed by atoms with Gasteiger partial charge in [0.1, 0.15) is 0 Å². The quantitative estimate of drug-likeness (QED) is 0.333. The zero-order valence-corrected chi connectivity index (χ0v) is 25.0. The number of allylic oxidation sites excluding steroid dienone is 6. The Kier molecular flexibility index (Phi) is 7.12. The highest BCUT2D eigenvalue weighted by molar-refractivity contribution is 6.07. The van der Waals surface area contributed by atoms with Crippen molar-refractivity contribution in [3.8, 4) is 0 Å². The summed E-state index contributed by atoms with van der Waals surface area (Å²) in [5.74, 6) is 0. The molecule has 6 rings (SSSR count). The Balaban J connectivity index is 1.82. The van der Waals surface area contributed by atoms with E-state index in [1.165, 1.54) is 66.6 Å². The van der Waals surface area contributed by atoms with Gasteiger partial charge in [0.15, 0.2) is 0 Å². The second-order valence-corrected chi connectivity index (χ2v) is 11.1. The van der Waals surface area contributed by atoms with Gasteiger partial charge in [0.25, 0.3) is 0 Å². The van der Waals surface area contributed by atoms with E-state index in [4.69, 9.17) is 9.97 Å². The van der Waals surface area contributed by atoms with Crippen molar-refractivity contribution < 1.29 is 0 Å². The van der Waals surface area contributed by atoms with Gasteiger partial charge in [-0.2, -0.15) is 0 Å². The number of nitrogens with one attached hydrogen (secondary N) is 2. The zero-order chi connectivity index (χ0) is 28.0. The van der Waals surface area contributed by atoms with Crippen LogP contribution in [0.1, 0.15) is 112 Å². The first-order valence-electron chi connectivity index (χ1n) is 15.5. The van der Waals surface area contributed by atoms with Crippen LogP contribution >= 0.6 is 0 Å². The molecule has 0 radical (unpaired) electrons. The normalized spacial score (nSPS) is 14.8. The van der Waals surface area contributed by atoms with Crippen LogP contribution in [-0.2, 0) is 25.7 Å². The third-order valence-electron chi connectivity index (χ3n) is 8.98. The van der Waals surface area contributed by atoms with Gasteiger partial charge in [-0.15, -0.1) is 0 Å². The molecule has 2 aliphatic heterocycles. The van der Waals surface area contributed by atoms with Gasteiger partial charge in [-0.3, -0.25) is 0 Å². The van der Waals surface area contributed by atoms with E-state index >= 15 is 0 Å². The van der Waals surface area contributed by atoms with Crippen LogP contribution in [0.25, 0.3) is 44.4 Å². The van der Waals surface area contributed by atoms with Crippen LogP contribution in [0.2, 0.25) is 0 Å². The highest BCUT2D eigenvalue weighted by atomic mass is 14.8. The van der Waals surface area contributed by atoms with E-state index in [0.717, 1.165) is 74.1 Å². The highest BCUT2D eigenvalue weighted by Crippen LogP contribution is 2.41. The van der Waals surface area contributed by atoms with Crippen LogP contribution < -0.4 is 0 Å². The largest absolute Gasteiger partial charge is 0.355 e. The second kappa shape index (κ2) is 10.7. The fraction of sp³-hybridized carbons (Fsp3) is 0.389. The number of rotatable bonds is 6. The molecular weight excluding hydrogens is 488 g/mol. The Morgan fingerprint density at radius 2 is 0.850 bits per heavy atom. The Labute approximate surface area is 238 Å². The molecule has 0 aromatic carbocycles. The summed E-state index contributed by atoms with van der Waals surface area (Å²) in [7, 11) is 0. The predicted molar refractivity (Wildman–Crippen MR) is 171 cm³/mol. The second-order valence-electron chi connectivity index (χ2n) is 11.1. The van der Waals surface area contributed by atoms with Crippen molar-refractivity contribution in [2.24, 2.45) is 0 Å². The summed E-state index contributed by atoms with van der Waals surface area (Å²) in [5, 5.41) is 0. The molecule has 0 saturated heterocycles. The third kappa shape index (κ3) is 4.20. The average molecular weight is 531 g/mol. The van der Waals surface area contributed by atoms with E-state index in [2.05, 4.69) is 87.9 Å². The molecule has 8 bridgehead atoms. The highest BCUT2D eigenvalue weighted by Gasteiger charge is 2.24. The maximum atomic E-state index is 5.27. The minimum Gasteiger partial charge on any atom is -0.355 e. The van der Waals surface area contributed by atoms with E-state index in [0.29, 0.717) is 0 Å². The maximum Gasteiger partial charge on any atom is 0.0734 e. The molecule has 40 heavy (non-hydrogen) atoms. The molecule has 0 amide bonds. The van der Waals surface area contributed by atoms with Crippen LogP contribution in [0.4, 0.5) is 0 Å². The first-order chi connectivity index (χ1) is 19.5. The number of H-pyrrole nitrogens is 2. The lowest BCUT2D eigenvalue weighted by atomic mass is 9.94. The number of aromatic nitrogens is 4. The molecule has 0 unspecified atom stereocenters. The van der Waals surface area contributed by atoms with Crippen molar-refractivity contribution in [3.63, 3.8) is 0 Å². The average Bonchev–Trinajstić information content (AvgIpc) is 3.69. The molecule has 0 fully saturated rings. The minimum absolute atomic E-state index is 0.961. The number of aryl methyl sites for hydroxylation is 4. The Hall–Kier alpha value is -3.66. The van der Waals surface area contributed by atoms with E-state index in [9.17, 15) is 0 Å². The smallest absolute Gasteiger partial charge is 0.0734 e. The molecule has 2 N–H and O–H groups in total. The summed E-state index contributed by atoms with van der Waals surface area (Å²) in [5.41, 5.74) is 19.9. The molecule has 4 heteroatoms. The molecule has 1 aliphatic carbocycles. The monoisotopic (exact) mass is 530 g/mol. The Morgan fingerprint density at radius 1 is 0.475 bits per heavy atom. The van der Waals surface area contributed by atoms with E-state index in [1.54, 1.807) is 0 Å². The fourth-order valence-electron chi connectivity index (χ4n) is 7.13. The molecule has 0 saturated carbocycles. The van der Waals surface area contributed by atoms with Crippen molar-refractivity contribution in [2.75, 3.05) is 0 Å². The van der Waals surface area contributed by atoms with Crippen molar-refractivity contribution in [1.29, 1.82) is 0 Å². The SMILES string of the molecule is CCC1=C(CC)c2cc3[nH]c(cc4[nH]c(cc5nc(cc1n2)C1=CCCC=C15)c(CC)c4CC)c(CC)c3CC. The molecule has 3 aliphatic rings. The lowest BCUT2D eigenvalue weighted by molar-refractivity contribution is 1.05. The molecule has 0 spiro atoms. The molecule has 3 aromatic heterocycles. The molecule has 4 nitrogen and oxygen atoms in total. The standard InChI is InChI=1S/C36H42N4/c1-7-21-22(8-2)30-18-32-24(10-4)26(12-6)34(39-32)20-36-28-16-14-13-15-27(28)35(40-36)19-33-25(11-5)23(9-3)31(38-33)17-29(21)37-30/h15-20,37-38H,7-14H2,1-6H3. The van der Waals surface area contributed by atoms with Crippen molar-refractivity contribution in [3.05, 3.63) is 81.4 Å². The first kappa shape index (κ1) is 26.6. The van der Waals surface area contributed by atoms with Gasteiger partial charge in [-0.1, -0.05) is 53.7 Å². The number of nitrogens with zero attached hydrogens (tertiary/aromatic N) is 2. The summed E-state index contributed by atoms with van der Waals surface area (Å²) >= 11 is 0. The van der Waals surface area contributed by atoms with Crippen LogP contribution in [0.5, 0.6) is 0 Å². The van der Waals surface area contributed by atoms with Gasteiger partial charge < -0.3 is 9.97 Å². The lowest BCUT2D eigenvalue weighted by Gasteiger charge is -2.08. The molecular formula is C36H42N4. The number of hydrogen-bond acceptors (Lipinski definition) is 2. The Bertz CT molecular complexity index is 1750. The summed E-state index contributed by atoms with van der Waals surface area (Å²) in [6, 6.07) is 9.20. The lowest BCUT2D eigenvalue weighted by Crippen LogP contribution is -1.89. The topological polar surface area (TPSA) is 57.4 Å². The molecule has 206 valence electrons. The summed E-state index contributed by atoms with van der Waals surface area (Å²) in [6.07, 6.45) is 12.8. The Morgan fingerprint density at radius 3 is 1.30 bits per heavy atom. The van der Waals surface area contributed by atoms with Gasteiger partial charge >= 0.3 is 0 Å². The number of hydrogen-bond donors (Lipinski definition) is 2. The van der Waals surface area contributed by atoms with Gasteiger partial charge in [0, 0.05) is 33.2 Å². The van der Waals surface area contributed by atoms with Crippen LogP contribution in [0, 0.1) is 0 Å². The molecule has 0 atom stereocenters. The third-order valence-corrected chi connectivity index (χ3v) is 8.98. The fourth-order valence-corrected chi connectivity index (χ4v) is 7.13. The minimum atomic E-state index is 0.961. The number of fused-ring (bicyclic) bond motifs is 11. The van der Waals surface area contributed by atoms with E-state index < -0.39 is 0 Å². The van der Waals surface area contributed by atoms with Crippen LogP contribution in [0.15, 0.2) is 36.4 Å². The van der Waals surface area contributed by atoms with Crippen molar-refractivity contribution in [2.45, 2.75) is 92.9 Å². The summed E-state index contributed by atoms with van der Waals surface area (Å²) in [6.45, 7) is 13.6. The van der Waals surface area contributed by atoms with Gasteiger partial charge in [0.2, 0.25) is 0 Å². The van der Waals surface area contributed by atoms with Gasteiger partial charge in [-0.25, -0.2) is 9.97 Å². The van der Waals surface area contributed by atoms with Crippen molar-refractivity contribution >= 4 is 44.4 Å². The van der Waals surface area contributed by atoms with E-state index in [-0.39, 0.29) is 0 Å². The first-order valence-corrected chi connectivity index (χ1v) is 15.5. The van der Waals surface area contributed by atoms with Crippen LogP contribution in [-0.4, -0.2) is 19.9 Å². The summed E-state index contributed by atoms with van der Waals surface area (Å²) < 4.78 is 0. The number of aromatic amines is 2. The maximum absolute atomic E-state index is 5.27. The zero-order valence-electron chi connectivity index (χ0n) is 25.0. The predicted octanol–water partition coefficient (Wildman–Crippen LogP) is 9.56. The summed E-state index contributed by atoms with van der Waals surface area (Å²) in [4.78, 5) is 18.2. The van der Waals surface area contributed by atoms with Crippen LogP contribution in [0.3, 0.4) is 0 Å². The molecule has 3 aromatic rings. The van der Waals surface area contributed by atoms with Crippen molar-refractivity contribution in [1.82, 2.24) is 19.9 Å². The molecule has 5 heterocycles.